The highest BCUT2D eigenvalue weighted by Gasteiger charge is 2.11. The molecular formula is C18H19NO4. The molecule has 1 amide bonds. The molecule has 23 heavy (non-hydrogen) atoms. The van der Waals surface area contributed by atoms with Crippen LogP contribution in [-0.2, 0) is 0 Å². The van der Waals surface area contributed by atoms with Gasteiger partial charge in [-0.15, -0.1) is 0 Å². The number of anilines is 1. The van der Waals surface area contributed by atoms with Crippen LogP contribution in [-0.4, -0.2) is 25.4 Å². The van der Waals surface area contributed by atoms with Crippen LogP contribution in [0.5, 0.6) is 11.5 Å². The number of ketones is 1. The second kappa shape index (κ2) is 7.45. The van der Waals surface area contributed by atoms with E-state index in [1.54, 1.807) is 42.5 Å². The Morgan fingerprint density at radius 3 is 2.22 bits per heavy atom. The monoisotopic (exact) mass is 313 g/mol. The fourth-order valence-corrected chi connectivity index (χ4v) is 2.08. The van der Waals surface area contributed by atoms with Crippen molar-refractivity contribution in [1.29, 1.82) is 0 Å². The highest BCUT2D eigenvalue weighted by molar-refractivity contribution is 6.05. The standard InChI is InChI=1S/C18H19NO4/c1-4-23-16-10-7-14(11-17(16)22-3)18(21)19-15-8-5-13(6-9-15)12(2)20/h5-11H,4H2,1-3H3,(H,19,21). The van der Waals surface area contributed by atoms with Gasteiger partial charge in [-0.1, -0.05) is 0 Å². The number of carbonyl (C=O) groups is 2. The topological polar surface area (TPSA) is 64.6 Å². The zero-order valence-electron chi connectivity index (χ0n) is 13.4. The van der Waals surface area contributed by atoms with E-state index in [-0.39, 0.29) is 11.7 Å². The summed E-state index contributed by atoms with van der Waals surface area (Å²) >= 11 is 0. The van der Waals surface area contributed by atoms with Gasteiger partial charge in [-0.05, 0) is 56.3 Å². The fraction of sp³-hybridized carbons (Fsp3) is 0.222. The lowest BCUT2D eigenvalue weighted by Gasteiger charge is -2.11. The molecule has 0 bridgehead atoms. The van der Waals surface area contributed by atoms with Gasteiger partial charge >= 0.3 is 0 Å². The first-order chi connectivity index (χ1) is 11.0. The third kappa shape index (κ3) is 4.10. The van der Waals surface area contributed by atoms with Gasteiger partial charge in [0.15, 0.2) is 17.3 Å². The van der Waals surface area contributed by atoms with Crippen molar-refractivity contribution in [3.63, 3.8) is 0 Å². The maximum atomic E-state index is 12.3. The molecule has 0 radical (unpaired) electrons. The van der Waals surface area contributed by atoms with Crippen molar-refractivity contribution in [2.45, 2.75) is 13.8 Å². The van der Waals surface area contributed by atoms with Gasteiger partial charge < -0.3 is 14.8 Å². The Hall–Kier alpha value is -2.82. The molecule has 2 aromatic carbocycles. The molecule has 0 saturated carbocycles. The molecule has 5 heteroatoms. The van der Waals surface area contributed by atoms with Crippen LogP contribution in [0.25, 0.3) is 0 Å². The summed E-state index contributed by atoms with van der Waals surface area (Å²) in [6.45, 7) is 3.90. The zero-order chi connectivity index (χ0) is 16.8. The van der Waals surface area contributed by atoms with Crippen molar-refractivity contribution in [1.82, 2.24) is 0 Å². The predicted molar refractivity (Wildman–Crippen MR) is 88.6 cm³/mol. The summed E-state index contributed by atoms with van der Waals surface area (Å²) in [6, 6.07) is 11.8. The molecule has 0 fully saturated rings. The number of hydrogen-bond donors (Lipinski definition) is 1. The fourth-order valence-electron chi connectivity index (χ4n) is 2.08. The number of ether oxygens (including phenoxy) is 2. The van der Waals surface area contributed by atoms with Crippen LogP contribution < -0.4 is 14.8 Å². The molecule has 5 nitrogen and oxygen atoms in total. The molecule has 2 aromatic rings. The Kier molecular flexibility index (Phi) is 5.36. The van der Waals surface area contributed by atoms with Gasteiger partial charge in [0.05, 0.1) is 13.7 Å². The van der Waals surface area contributed by atoms with Crippen LogP contribution in [0.4, 0.5) is 5.69 Å². The molecule has 0 unspecified atom stereocenters. The minimum atomic E-state index is -0.262. The summed E-state index contributed by atoms with van der Waals surface area (Å²) < 4.78 is 10.7. The third-order valence-corrected chi connectivity index (χ3v) is 3.27. The smallest absolute Gasteiger partial charge is 0.255 e. The van der Waals surface area contributed by atoms with E-state index >= 15 is 0 Å². The lowest BCUT2D eigenvalue weighted by Crippen LogP contribution is -2.12. The molecule has 120 valence electrons. The van der Waals surface area contributed by atoms with Crippen molar-refractivity contribution < 1.29 is 19.1 Å². The van der Waals surface area contributed by atoms with Crippen LogP contribution >= 0.6 is 0 Å². The van der Waals surface area contributed by atoms with Crippen molar-refractivity contribution in [2.24, 2.45) is 0 Å². The number of nitrogens with one attached hydrogen (secondary N) is 1. The first-order valence-electron chi connectivity index (χ1n) is 7.28. The summed E-state index contributed by atoms with van der Waals surface area (Å²) in [4.78, 5) is 23.5. The number of rotatable bonds is 6. The number of benzene rings is 2. The van der Waals surface area contributed by atoms with E-state index in [0.717, 1.165) is 0 Å². The van der Waals surface area contributed by atoms with Crippen LogP contribution in [0.1, 0.15) is 34.6 Å². The summed E-state index contributed by atoms with van der Waals surface area (Å²) in [6.07, 6.45) is 0. The van der Waals surface area contributed by atoms with E-state index in [0.29, 0.717) is 34.9 Å². The van der Waals surface area contributed by atoms with Gasteiger partial charge in [-0.3, -0.25) is 9.59 Å². The Balaban J connectivity index is 2.15. The first-order valence-corrected chi connectivity index (χ1v) is 7.28. The average Bonchev–Trinajstić information content (AvgIpc) is 2.55. The van der Waals surface area contributed by atoms with Gasteiger partial charge in [0, 0.05) is 16.8 Å². The van der Waals surface area contributed by atoms with Crippen molar-refractivity contribution >= 4 is 17.4 Å². The molecular weight excluding hydrogens is 294 g/mol. The first kappa shape index (κ1) is 16.5. The minimum Gasteiger partial charge on any atom is -0.493 e. The quantitative estimate of drug-likeness (QED) is 0.828. The molecule has 0 heterocycles. The predicted octanol–water partition coefficient (Wildman–Crippen LogP) is 3.55. The second-order valence-electron chi connectivity index (χ2n) is 4.89. The molecule has 0 spiro atoms. The number of carbonyl (C=O) groups excluding carboxylic acids is 2. The highest BCUT2D eigenvalue weighted by atomic mass is 16.5. The number of Topliss-reactive ketones (excluding diaryl/α,β-unsaturated/α-hetero) is 1. The normalized spacial score (nSPS) is 10.0. The van der Waals surface area contributed by atoms with E-state index in [1.165, 1.54) is 14.0 Å². The molecule has 0 aromatic heterocycles. The van der Waals surface area contributed by atoms with E-state index in [4.69, 9.17) is 9.47 Å². The number of amides is 1. The number of methoxy groups -OCH3 is 1. The second-order valence-corrected chi connectivity index (χ2v) is 4.89. The third-order valence-electron chi connectivity index (χ3n) is 3.27. The van der Waals surface area contributed by atoms with Crippen LogP contribution in [0, 0.1) is 0 Å². The van der Waals surface area contributed by atoms with E-state index in [2.05, 4.69) is 5.32 Å². The van der Waals surface area contributed by atoms with Crippen LogP contribution in [0.15, 0.2) is 42.5 Å². The van der Waals surface area contributed by atoms with Gasteiger partial charge in [-0.2, -0.15) is 0 Å². The van der Waals surface area contributed by atoms with Crippen molar-refractivity contribution in [2.75, 3.05) is 19.0 Å². The molecule has 0 atom stereocenters. The van der Waals surface area contributed by atoms with Gasteiger partial charge in [0.2, 0.25) is 0 Å². The molecule has 1 N–H and O–H groups in total. The summed E-state index contributed by atoms with van der Waals surface area (Å²) in [5.74, 6) is 0.824. The van der Waals surface area contributed by atoms with Crippen LogP contribution in [0.2, 0.25) is 0 Å². The maximum absolute atomic E-state index is 12.3. The lowest BCUT2D eigenvalue weighted by molar-refractivity contribution is 0.101. The Labute approximate surface area is 135 Å². The zero-order valence-corrected chi connectivity index (χ0v) is 13.4. The van der Waals surface area contributed by atoms with E-state index < -0.39 is 0 Å². The SMILES string of the molecule is CCOc1ccc(C(=O)Nc2ccc(C(C)=O)cc2)cc1OC. The van der Waals surface area contributed by atoms with E-state index in [9.17, 15) is 9.59 Å². The Morgan fingerprint density at radius 1 is 1.00 bits per heavy atom. The molecule has 0 aliphatic carbocycles. The van der Waals surface area contributed by atoms with Crippen LogP contribution in [0.3, 0.4) is 0 Å². The Bertz CT molecular complexity index is 707. The summed E-state index contributed by atoms with van der Waals surface area (Å²) in [7, 11) is 1.53. The molecule has 0 saturated heterocycles. The minimum absolute atomic E-state index is 0.0147. The maximum Gasteiger partial charge on any atom is 0.255 e. The van der Waals surface area contributed by atoms with E-state index in [1.807, 2.05) is 6.92 Å². The average molecular weight is 313 g/mol. The van der Waals surface area contributed by atoms with Crippen molar-refractivity contribution in [3.8, 4) is 11.5 Å². The van der Waals surface area contributed by atoms with Gasteiger partial charge in [0.1, 0.15) is 0 Å². The molecule has 2 rings (SSSR count). The number of hydrogen-bond acceptors (Lipinski definition) is 4. The van der Waals surface area contributed by atoms with Gasteiger partial charge in [0.25, 0.3) is 5.91 Å². The Morgan fingerprint density at radius 2 is 1.65 bits per heavy atom. The summed E-state index contributed by atoms with van der Waals surface area (Å²) in [5, 5.41) is 2.78. The van der Waals surface area contributed by atoms with Gasteiger partial charge in [-0.25, -0.2) is 0 Å². The van der Waals surface area contributed by atoms with Crippen molar-refractivity contribution in [3.05, 3.63) is 53.6 Å². The summed E-state index contributed by atoms with van der Waals surface area (Å²) in [5.41, 5.74) is 1.68. The molecule has 0 aliphatic rings. The highest BCUT2D eigenvalue weighted by Crippen LogP contribution is 2.28. The lowest BCUT2D eigenvalue weighted by atomic mass is 10.1. The molecule has 0 aliphatic heterocycles. The largest absolute Gasteiger partial charge is 0.493 e.